The summed E-state index contributed by atoms with van der Waals surface area (Å²) in [5.41, 5.74) is 2.50. The quantitative estimate of drug-likeness (QED) is 0.233. The summed E-state index contributed by atoms with van der Waals surface area (Å²) in [6.07, 6.45) is 0. The molecule has 4 rings (SSSR count). The summed E-state index contributed by atoms with van der Waals surface area (Å²) in [5, 5.41) is 14.5. The van der Waals surface area contributed by atoms with E-state index in [0.29, 0.717) is 27.6 Å². The molecule has 0 aliphatic heterocycles. The van der Waals surface area contributed by atoms with Crippen LogP contribution in [0.3, 0.4) is 0 Å². The number of nitrogens with one attached hydrogen (secondary N) is 1. The molecule has 0 saturated heterocycles. The zero-order chi connectivity index (χ0) is 23.4. The Balaban J connectivity index is 1.61. The van der Waals surface area contributed by atoms with Crippen molar-refractivity contribution >= 4 is 34.4 Å². The minimum atomic E-state index is -0.475. The minimum absolute atomic E-state index is 0.0687. The van der Waals surface area contributed by atoms with Crippen LogP contribution in [0, 0.1) is 15.9 Å². The predicted molar refractivity (Wildman–Crippen MR) is 123 cm³/mol. The summed E-state index contributed by atoms with van der Waals surface area (Å²) in [5.74, 6) is 0.102. The van der Waals surface area contributed by atoms with Gasteiger partial charge in [-0.1, -0.05) is 36.0 Å². The molecule has 33 heavy (non-hydrogen) atoms. The average Bonchev–Trinajstić information content (AvgIpc) is 3.19. The van der Waals surface area contributed by atoms with Gasteiger partial charge in [-0.15, -0.1) is 0 Å². The fourth-order valence-corrected chi connectivity index (χ4v) is 4.14. The van der Waals surface area contributed by atoms with Gasteiger partial charge in [0.2, 0.25) is 5.91 Å². The largest absolute Gasteiger partial charge is 0.495 e. The molecule has 0 aliphatic rings. The van der Waals surface area contributed by atoms with Crippen LogP contribution in [0.4, 0.5) is 10.1 Å². The average molecular weight is 466 g/mol. The lowest BCUT2D eigenvalue weighted by Gasteiger charge is -2.13. The van der Waals surface area contributed by atoms with Crippen LogP contribution in [0.5, 0.6) is 5.75 Å². The molecule has 3 aromatic carbocycles. The van der Waals surface area contributed by atoms with E-state index in [2.05, 4.69) is 10.3 Å². The number of non-ortho nitro benzene ring substituents is 1. The van der Waals surface area contributed by atoms with Crippen LogP contribution in [-0.2, 0) is 11.3 Å². The zero-order valence-electron chi connectivity index (χ0n) is 17.5. The number of aromatic nitrogens is 2. The lowest BCUT2D eigenvalue weighted by molar-refractivity contribution is -0.384. The third kappa shape index (κ3) is 4.96. The van der Waals surface area contributed by atoms with Crippen molar-refractivity contribution in [3.8, 4) is 11.4 Å². The monoisotopic (exact) mass is 466 g/mol. The van der Waals surface area contributed by atoms with Crippen LogP contribution in [0.15, 0.2) is 71.9 Å². The molecule has 0 unspecified atom stereocenters. The molecule has 8 nitrogen and oxygen atoms in total. The van der Waals surface area contributed by atoms with E-state index in [4.69, 9.17) is 4.74 Å². The van der Waals surface area contributed by atoms with Gasteiger partial charge < -0.3 is 10.1 Å². The molecule has 1 N–H and O–H groups in total. The number of methoxy groups -OCH3 is 1. The van der Waals surface area contributed by atoms with Crippen molar-refractivity contribution in [1.29, 1.82) is 0 Å². The zero-order valence-corrected chi connectivity index (χ0v) is 18.3. The molecule has 0 fully saturated rings. The molecule has 1 amide bonds. The molecule has 0 radical (unpaired) electrons. The van der Waals surface area contributed by atoms with E-state index in [0.717, 1.165) is 5.56 Å². The number of imidazole rings is 1. The van der Waals surface area contributed by atoms with Crippen molar-refractivity contribution in [2.45, 2.75) is 11.7 Å². The number of hydrogen-bond donors (Lipinski definition) is 1. The Bertz CT molecular complexity index is 1320. The highest BCUT2D eigenvalue weighted by atomic mass is 32.2. The van der Waals surface area contributed by atoms with E-state index in [1.165, 1.54) is 36.0 Å². The first-order chi connectivity index (χ1) is 16.0. The lowest BCUT2D eigenvalue weighted by atomic mass is 10.2. The van der Waals surface area contributed by atoms with E-state index in [1.54, 1.807) is 31.4 Å². The number of thioether (sulfide) groups is 1. The first kappa shape index (κ1) is 22.3. The SMILES string of the molecule is COc1ccccc1-n1c(SCC(=O)NCc2ccc(F)cc2)nc2cc([N+](=O)[O-])ccc21. The second-order valence-electron chi connectivity index (χ2n) is 7.02. The van der Waals surface area contributed by atoms with Gasteiger partial charge in [-0.3, -0.25) is 19.5 Å². The number of benzene rings is 3. The maximum absolute atomic E-state index is 13.0. The van der Waals surface area contributed by atoms with E-state index in [1.807, 2.05) is 22.8 Å². The van der Waals surface area contributed by atoms with Gasteiger partial charge in [0, 0.05) is 18.7 Å². The fourth-order valence-electron chi connectivity index (χ4n) is 3.29. The van der Waals surface area contributed by atoms with Gasteiger partial charge in [0.25, 0.3) is 5.69 Å². The molecule has 1 heterocycles. The molecule has 10 heteroatoms. The number of carbonyl (C=O) groups excluding carboxylic acids is 1. The predicted octanol–water partition coefficient (Wildman–Crippen LogP) is 4.49. The number of amides is 1. The summed E-state index contributed by atoms with van der Waals surface area (Å²) in [7, 11) is 1.55. The number of carbonyl (C=O) groups is 1. The van der Waals surface area contributed by atoms with Crippen molar-refractivity contribution in [3.63, 3.8) is 0 Å². The number of halogens is 1. The number of rotatable bonds is 8. The van der Waals surface area contributed by atoms with E-state index in [9.17, 15) is 19.3 Å². The van der Waals surface area contributed by atoms with E-state index in [-0.39, 0.29) is 29.7 Å². The number of nitro benzene ring substituents is 1. The fraction of sp³-hybridized carbons (Fsp3) is 0.130. The standard InChI is InChI=1S/C23H19FN4O4S/c1-32-21-5-3-2-4-20(21)27-19-11-10-17(28(30)31)12-18(19)26-23(27)33-14-22(29)25-13-15-6-8-16(24)9-7-15/h2-12H,13-14H2,1H3,(H,25,29). The van der Waals surface area contributed by atoms with Gasteiger partial charge in [0.15, 0.2) is 5.16 Å². The lowest BCUT2D eigenvalue weighted by Crippen LogP contribution is -2.24. The van der Waals surface area contributed by atoms with Crippen molar-refractivity contribution < 1.29 is 18.8 Å². The van der Waals surface area contributed by atoms with Gasteiger partial charge in [0.05, 0.1) is 34.5 Å². The number of para-hydroxylation sites is 2. The first-order valence-corrected chi connectivity index (χ1v) is 10.9. The molecule has 0 saturated carbocycles. The first-order valence-electron chi connectivity index (χ1n) is 9.90. The summed E-state index contributed by atoms with van der Waals surface area (Å²) >= 11 is 1.20. The molecule has 1 aromatic heterocycles. The van der Waals surface area contributed by atoms with Gasteiger partial charge in [0.1, 0.15) is 11.6 Å². The number of hydrogen-bond acceptors (Lipinski definition) is 6. The maximum Gasteiger partial charge on any atom is 0.271 e. The van der Waals surface area contributed by atoms with Crippen LogP contribution in [0.25, 0.3) is 16.7 Å². The number of nitrogens with zero attached hydrogens (tertiary/aromatic N) is 3. The Morgan fingerprint density at radius 3 is 2.67 bits per heavy atom. The van der Waals surface area contributed by atoms with Crippen molar-refractivity contribution in [2.75, 3.05) is 12.9 Å². The van der Waals surface area contributed by atoms with Gasteiger partial charge in [-0.25, -0.2) is 9.37 Å². The van der Waals surface area contributed by atoms with Crippen LogP contribution in [0.1, 0.15) is 5.56 Å². The maximum atomic E-state index is 13.0. The molecule has 0 atom stereocenters. The Kier molecular flexibility index (Phi) is 6.55. The van der Waals surface area contributed by atoms with Crippen LogP contribution in [0.2, 0.25) is 0 Å². The van der Waals surface area contributed by atoms with Gasteiger partial charge in [-0.05, 0) is 35.9 Å². The minimum Gasteiger partial charge on any atom is -0.495 e. The van der Waals surface area contributed by atoms with Gasteiger partial charge >= 0.3 is 0 Å². The highest BCUT2D eigenvalue weighted by molar-refractivity contribution is 7.99. The Morgan fingerprint density at radius 1 is 1.18 bits per heavy atom. The van der Waals surface area contributed by atoms with Gasteiger partial charge in [-0.2, -0.15) is 0 Å². The van der Waals surface area contributed by atoms with Crippen molar-refractivity contribution in [2.24, 2.45) is 0 Å². The molecular formula is C23H19FN4O4S. The summed E-state index contributed by atoms with van der Waals surface area (Å²) in [6.45, 7) is 0.273. The highest BCUT2D eigenvalue weighted by Crippen LogP contribution is 2.33. The summed E-state index contributed by atoms with van der Waals surface area (Å²) in [6, 6.07) is 17.7. The number of fused-ring (bicyclic) bond motifs is 1. The molecule has 0 spiro atoms. The van der Waals surface area contributed by atoms with Crippen LogP contribution >= 0.6 is 11.8 Å². The molecule has 168 valence electrons. The summed E-state index contributed by atoms with van der Waals surface area (Å²) in [4.78, 5) is 27.7. The molecule has 0 aliphatic carbocycles. The number of nitro groups is 1. The molecule has 0 bridgehead atoms. The Labute approximate surface area is 192 Å². The second kappa shape index (κ2) is 9.70. The highest BCUT2D eigenvalue weighted by Gasteiger charge is 2.19. The normalized spacial score (nSPS) is 10.8. The van der Waals surface area contributed by atoms with E-state index >= 15 is 0 Å². The Hall–Kier alpha value is -3.92. The van der Waals surface area contributed by atoms with Crippen molar-refractivity contribution in [1.82, 2.24) is 14.9 Å². The van der Waals surface area contributed by atoms with Crippen LogP contribution < -0.4 is 10.1 Å². The summed E-state index contributed by atoms with van der Waals surface area (Å²) < 4.78 is 20.3. The Morgan fingerprint density at radius 2 is 1.94 bits per heavy atom. The smallest absolute Gasteiger partial charge is 0.271 e. The third-order valence-corrected chi connectivity index (χ3v) is 5.82. The molecular weight excluding hydrogens is 447 g/mol. The number of ether oxygens (including phenoxy) is 1. The van der Waals surface area contributed by atoms with Crippen LogP contribution in [-0.4, -0.2) is 33.2 Å². The third-order valence-electron chi connectivity index (χ3n) is 4.88. The second-order valence-corrected chi connectivity index (χ2v) is 7.97. The van der Waals surface area contributed by atoms with E-state index < -0.39 is 4.92 Å². The topological polar surface area (TPSA) is 99.3 Å². The van der Waals surface area contributed by atoms with Crippen molar-refractivity contribution in [3.05, 3.63) is 88.2 Å². The molecule has 4 aromatic rings.